The van der Waals surface area contributed by atoms with E-state index < -0.39 is 0 Å². The Balaban J connectivity index is 1.76. The second-order valence-corrected chi connectivity index (χ2v) is 6.91. The maximum absolute atomic E-state index is 4.67. The van der Waals surface area contributed by atoms with E-state index in [0.717, 1.165) is 27.8 Å². The van der Waals surface area contributed by atoms with Crippen molar-refractivity contribution < 1.29 is 0 Å². The molecule has 3 heterocycles. The first kappa shape index (κ1) is 12.7. The van der Waals surface area contributed by atoms with Gasteiger partial charge < -0.3 is 0 Å². The summed E-state index contributed by atoms with van der Waals surface area (Å²) in [6, 6.07) is 12.5. The Morgan fingerprint density at radius 3 is 2.90 bits per heavy atom. The molecule has 0 saturated carbocycles. The molecule has 0 unspecified atom stereocenters. The van der Waals surface area contributed by atoms with Crippen LogP contribution in [0.1, 0.15) is 15.4 Å². The van der Waals surface area contributed by atoms with Crippen molar-refractivity contribution in [2.75, 3.05) is 0 Å². The van der Waals surface area contributed by atoms with Crippen LogP contribution in [0.5, 0.6) is 0 Å². The number of rotatable bonds is 3. The van der Waals surface area contributed by atoms with Crippen LogP contribution in [0, 0.1) is 6.92 Å². The smallest absolute Gasteiger partial charge is 0.183 e. The maximum Gasteiger partial charge on any atom is 0.234 e. The molecular formula is C15H12N4S2. The van der Waals surface area contributed by atoms with Gasteiger partial charge in [0, 0.05) is 16.9 Å². The fraction of sp³-hybridized carbons (Fsp3) is 0.133. The molecule has 0 aliphatic rings. The number of nitrogens with zero attached hydrogens (tertiary/aromatic N) is 4. The summed E-state index contributed by atoms with van der Waals surface area (Å²) in [6.45, 7) is 2.07. The molecule has 4 nitrogen and oxygen atoms in total. The summed E-state index contributed by atoms with van der Waals surface area (Å²) in [6.07, 6.45) is 0.860. The molecule has 0 saturated heterocycles. The molecular weight excluding hydrogens is 300 g/mol. The molecule has 3 aromatic heterocycles. The summed E-state index contributed by atoms with van der Waals surface area (Å²) < 4.78 is 1.85. The van der Waals surface area contributed by atoms with Crippen molar-refractivity contribution in [1.82, 2.24) is 19.8 Å². The molecule has 0 atom stereocenters. The highest BCUT2D eigenvalue weighted by Gasteiger charge is 2.13. The first-order valence-electron chi connectivity index (χ1n) is 6.60. The maximum atomic E-state index is 4.67. The number of fused-ring (bicyclic) bond motifs is 1. The molecule has 0 N–H and O–H groups in total. The number of hydrogen-bond acceptors (Lipinski definition) is 5. The van der Waals surface area contributed by atoms with Crippen molar-refractivity contribution in [2.24, 2.45) is 0 Å². The predicted octanol–water partition coefficient (Wildman–Crippen LogP) is 3.81. The van der Waals surface area contributed by atoms with Crippen LogP contribution in [-0.4, -0.2) is 19.8 Å². The van der Waals surface area contributed by atoms with Gasteiger partial charge in [-0.25, -0.2) is 0 Å². The monoisotopic (exact) mass is 312 g/mol. The van der Waals surface area contributed by atoms with Crippen LogP contribution in [0.2, 0.25) is 0 Å². The largest absolute Gasteiger partial charge is 0.234 e. The van der Waals surface area contributed by atoms with Crippen LogP contribution >= 0.6 is 22.7 Å². The highest BCUT2D eigenvalue weighted by atomic mass is 32.1. The lowest BCUT2D eigenvalue weighted by molar-refractivity contribution is 0.921. The average molecular weight is 312 g/mol. The highest BCUT2D eigenvalue weighted by molar-refractivity contribution is 7.17. The lowest BCUT2D eigenvalue weighted by Gasteiger charge is -1.98. The van der Waals surface area contributed by atoms with Crippen molar-refractivity contribution in [3.05, 3.63) is 57.2 Å². The lowest BCUT2D eigenvalue weighted by atomic mass is 10.1. The molecule has 1 aromatic carbocycles. The second-order valence-electron chi connectivity index (χ2n) is 4.84. The Bertz CT molecular complexity index is 890. The fourth-order valence-electron chi connectivity index (χ4n) is 2.25. The molecule has 104 valence electrons. The van der Waals surface area contributed by atoms with Crippen LogP contribution in [0.3, 0.4) is 0 Å². The Morgan fingerprint density at radius 2 is 2.10 bits per heavy atom. The molecule has 0 fully saturated rings. The fourth-order valence-corrected chi connectivity index (χ4v) is 3.91. The normalized spacial score (nSPS) is 11.3. The zero-order valence-electron chi connectivity index (χ0n) is 11.4. The first-order chi connectivity index (χ1) is 10.3. The summed E-state index contributed by atoms with van der Waals surface area (Å²) >= 11 is 3.35. The van der Waals surface area contributed by atoms with E-state index in [1.54, 1.807) is 22.7 Å². The van der Waals surface area contributed by atoms with Gasteiger partial charge in [0.2, 0.25) is 4.96 Å². The number of aryl methyl sites for hydroxylation is 1. The van der Waals surface area contributed by atoms with E-state index in [0.29, 0.717) is 0 Å². The molecule has 4 rings (SSSR count). The van der Waals surface area contributed by atoms with Crippen LogP contribution in [0.15, 0.2) is 41.8 Å². The van der Waals surface area contributed by atoms with Crippen LogP contribution < -0.4 is 0 Å². The van der Waals surface area contributed by atoms with Gasteiger partial charge in [0.1, 0.15) is 5.01 Å². The Kier molecular flexibility index (Phi) is 3.05. The van der Waals surface area contributed by atoms with Gasteiger partial charge >= 0.3 is 0 Å². The van der Waals surface area contributed by atoms with Gasteiger partial charge in [-0.3, -0.25) is 0 Å². The third-order valence-corrected chi connectivity index (χ3v) is 4.99. The lowest BCUT2D eigenvalue weighted by Crippen LogP contribution is -1.93. The molecule has 0 spiro atoms. The van der Waals surface area contributed by atoms with E-state index in [1.807, 2.05) is 16.6 Å². The summed E-state index contributed by atoms with van der Waals surface area (Å²) in [5, 5.41) is 16.3. The minimum Gasteiger partial charge on any atom is -0.183 e. The topological polar surface area (TPSA) is 43.1 Å². The summed E-state index contributed by atoms with van der Waals surface area (Å²) in [7, 11) is 0. The van der Waals surface area contributed by atoms with Gasteiger partial charge in [-0.1, -0.05) is 41.2 Å². The number of aromatic nitrogens is 4. The van der Waals surface area contributed by atoms with E-state index in [-0.39, 0.29) is 0 Å². The predicted molar refractivity (Wildman–Crippen MR) is 86.0 cm³/mol. The van der Waals surface area contributed by atoms with E-state index in [1.165, 1.54) is 10.4 Å². The zero-order valence-corrected chi connectivity index (χ0v) is 13.0. The summed E-state index contributed by atoms with van der Waals surface area (Å²) in [5.41, 5.74) is 2.26. The van der Waals surface area contributed by atoms with Crippen molar-refractivity contribution >= 4 is 27.6 Å². The minimum atomic E-state index is 0.808. The third-order valence-electron chi connectivity index (χ3n) is 3.21. The first-order valence-corrected chi connectivity index (χ1v) is 8.30. The number of benzene rings is 1. The van der Waals surface area contributed by atoms with Gasteiger partial charge in [-0.2, -0.15) is 9.61 Å². The Morgan fingerprint density at radius 1 is 1.14 bits per heavy atom. The minimum absolute atomic E-state index is 0.808. The standard InChI is InChI=1S/C15H12N4S2/c1-10-4-2-5-11(8-10)14-16-17-15-19(14)18-13(21-15)9-12-6-3-7-20-12/h2-8H,9H2,1H3. The Hall–Kier alpha value is -2.05. The molecule has 0 amide bonds. The van der Waals surface area contributed by atoms with E-state index >= 15 is 0 Å². The van der Waals surface area contributed by atoms with Crippen molar-refractivity contribution in [3.8, 4) is 11.4 Å². The molecule has 0 aliphatic heterocycles. The van der Waals surface area contributed by atoms with Gasteiger partial charge in [0.15, 0.2) is 5.82 Å². The van der Waals surface area contributed by atoms with E-state index in [9.17, 15) is 0 Å². The number of thiophene rings is 1. The Labute approximate surface area is 129 Å². The zero-order chi connectivity index (χ0) is 14.2. The molecule has 0 aliphatic carbocycles. The average Bonchev–Trinajstić information content (AvgIpc) is 3.15. The van der Waals surface area contributed by atoms with Crippen LogP contribution in [-0.2, 0) is 6.42 Å². The third kappa shape index (κ3) is 2.36. The number of hydrogen-bond donors (Lipinski definition) is 0. The van der Waals surface area contributed by atoms with Crippen molar-refractivity contribution in [3.63, 3.8) is 0 Å². The molecule has 6 heteroatoms. The second kappa shape index (κ2) is 5.05. The van der Waals surface area contributed by atoms with Crippen molar-refractivity contribution in [2.45, 2.75) is 13.3 Å². The van der Waals surface area contributed by atoms with Gasteiger partial charge in [-0.15, -0.1) is 21.5 Å². The van der Waals surface area contributed by atoms with E-state index in [4.69, 9.17) is 0 Å². The summed E-state index contributed by atoms with van der Waals surface area (Å²) in [5.74, 6) is 0.808. The SMILES string of the molecule is Cc1cccc(-c2nnc3sc(Cc4cccs4)nn23)c1. The van der Waals surface area contributed by atoms with E-state index in [2.05, 4.69) is 51.9 Å². The molecule has 21 heavy (non-hydrogen) atoms. The van der Waals surface area contributed by atoms with Gasteiger partial charge in [0.25, 0.3) is 0 Å². The van der Waals surface area contributed by atoms with Gasteiger partial charge in [0.05, 0.1) is 0 Å². The van der Waals surface area contributed by atoms with Crippen LogP contribution in [0.4, 0.5) is 0 Å². The highest BCUT2D eigenvalue weighted by Crippen LogP contribution is 2.24. The van der Waals surface area contributed by atoms with Gasteiger partial charge in [-0.05, 0) is 24.4 Å². The quantitative estimate of drug-likeness (QED) is 0.577. The van der Waals surface area contributed by atoms with Crippen LogP contribution in [0.25, 0.3) is 16.3 Å². The van der Waals surface area contributed by atoms with Crippen molar-refractivity contribution in [1.29, 1.82) is 0 Å². The molecule has 0 radical (unpaired) electrons. The summed E-state index contributed by atoms with van der Waals surface area (Å²) in [4.78, 5) is 2.16. The molecule has 0 bridgehead atoms. The molecule has 4 aromatic rings.